The Morgan fingerprint density at radius 2 is 1.91 bits per heavy atom. The van der Waals surface area contributed by atoms with Crippen LogP contribution in [-0.4, -0.2) is 30.1 Å². The molecule has 0 N–H and O–H groups in total. The summed E-state index contributed by atoms with van der Waals surface area (Å²) in [5.41, 5.74) is 1.90. The summed E-state index contributed by atoms with van der Waals surface area (Å²) in [5, 5.41) is 22.9. The lowest BCUT2D eigenvalue weighted by Gasteiger charge is -2.13. The second kappa shape index (κ2) is 9.72. The van der Waals surface area contributed by atoms with Gasteiger partial charge < -0.3 is 14.2 Å². The molecule has 0 aliphatic carbocycles. The summed E-state index contributed by atoms with van der Waals surface area (Å²) >= 11 is 1.24. The third-order valence-corrected chi connectivity index (χ3v) is 5.12. The molecule has 0 saturated carbocycles. The minimum atomic E-state index is -0.529. The Morgan fingerprint density at radius 1 is 1.22 bits per heavy atom. The summed E-state index contributed by atoms with van der Waals surface area (Å²) in [4.78, 5) is 26.4. The SMILES string of the molecule is COc1cc(/C=C(/C#N)c2nc(-c3cccc([N+](=O)[O-])c3)cs2)cc(OC)c1OC(C)=O. The number of ether oxygens (including phenoxy) is 3. The molecule has 162 valence electrons. The van der Waals surface area contributed by atoms with E-state index in [1.54, 1.807) is 35.7 Å². The molecule has 2 aromatic carbocycles. The van der Waals surface area contributed by atoms with Gasteiger partial charge in [-0.3, -0.25) is 14.9 Å². The number of non-ortho nitro benzene ring substituents is 1. The number of aromatic nitrogens is 1. The molecular weight excluding hydrogens is 434 g/mol. The molecule has 1 heterocycles. The van der Waals surface area contributed by atoms with Crippen molar-refractivity contribution < 1.29 is 23.9 Å². The predicted octanol–water partition coefficient (Wildman–Crippen LogP) is 4.72. The number of nitriles is 1. The van der Waals surface area contributed by atoms with Gasteiger partial charge in [-0.25, -0.2) is 4.98 Å². The van der Waals surface area contributed by atoms with Crippen molar-refractivity contribution >= 4 is 34.6 Å². The highest BCUT2D eigenvalue weighted by molar-refractivity contribution is 7.11. The van der Waals surface area contributed by atoms with Crippen LogP contribution in [0.4, 0.5) is 5.69 Å². The number of allylic oxidation sites excluding steroid dienone is 1. The molecule has 0 aliphatic heterocycles. The highest BCUT2D eigenvalue weighted by Crippen LogP contribution is 2.40. The molecule has 0 saturated heterocycles. The van der Waals surface area contributed by atoms with Crippen molar-refractivity contribution in [2.45, 2.75) is 6.92 Å². The molecule has 0 aliphatic rings. The van der Waals surface area contributed by atoms with Gasteiger partial charge >= 0.3 is 5.97 Å². The maximum Gasteiger partial charge on any atom is 0.308 e. The Kier molecular flexibility index (Phi) is 6.82. The zero-order chi connectivity index (χ0) is 23.3. The molecular formula is C22H17N3O6S. The van der Waals surface area contributed by atoms with Gasteiger partial charge in [-0.2, -0.15) is 5.26 Å². The average molecular weight is 451 g/mol. The monoisotopic (exact) mass is 451 g/mol. The number of nitro groups is 1. The zero-order valence-electron chi connectivity index (χ0n) is 17.3. The normalized spacial score (nSPS) is 10.9. The molecule has 0 unspecified atom stereocenters. The summed E-state index contributed by atoms with van der Waals surface area (Å²) in [6, 6.07) is 11.4. The van der Waals surface area contributed by atoms with Crippen molar-refractivity contribution in [1.29, 1.82) is 5.26 Å². The maximum absolute atomic E-state index is 11.4. The number of hydrogen-bond donors (Lipinski definition) is 0. The van der Waals surface area contributed by atoms with E-state index in [1.807, 2.05) is 0 Å². The van der Waals surface area contributed by atoms with Gasteiger partial charge in [0.15, 0.2) is 11.5 Å². The molecule has 9 nitrogen and oxygen atoms in total. The van der Waals surface area contributed by atoms with E-state index in [4.69, 9.17) is 14.2 Å². The molecule has 0 fully saturated rings. The van der Waals surface area contributed by atoms with Gasteiger partial charge in [0.25, 0.3) is 5.69 Å². The Hall–Kier alpha value is -4.23. The molecule has 0 atom stereocenters. The minimum Gasteiger partial charge on any atom is -0.493 e. The standard InChI is InChI=1S/C22H17N3O6S/c1-13(26)31-21-19(29-2)8-14(9-20(21)30-3)7-16(11-23)22-24-18(12-32-22)15-5-4-6-17(10-15)25(27)28/h4-10,12H,1-3H3/b16-7-. The van der Waals surface area contributed by atoms with Gasteiger partial charge in [-0.15, -0.1) is 11.3 Å². The number of carbonyl (C=O) groups is 1. The van der Waals surface area contributed by atoms with Gasteiger partial charge in [0, 0.05) is 30.0 Å². The molecule has 0 radical (unpaired) electrons. The zero-order valence-corrected chi connectivity index (χ0v) is 18.1. The second-order valence-corrected chi connectivity index (χ2v) is 7.22. The fourth-order valence-corrected chi connectivity index (χ4v) is 3.64. The summed E-state index contributed by atoms with van der Waals surface area (Å²) in [6.07, 6.45) is 1.60. The third-order valence-electron chi connectivity index (χ3n) is 4.25. The van der Waals surface area contributed by atoms with Crippen LogP contribution in [0.3, 0.4) is 0 Å². The highest BCUT2D eigenvalue weighted by Gasteiger charge is 2.17. The lowest BCUT2D eigenvalue weighted by Crippen LogP contribution is -2.05. The largest absolute Gasteiger partial charge is 0.493 e. The van der Waals surface area contributed by atoms with E-state index in [1.165, 1.54) is 44.6 Å². The third kappa shape index (κ3) is 4.91. The van der Waals surface area contributed by atoms with Crippen LogP contribution in [0, 0.1) is 21.4 Å². The number of nitro benzene ring substituents is 1. The van der Waals surface area contributed by atoms with Crippen LogP contribution in [-0.2, 0) is 4.79 Å². The summed E-state index contributed by atoms with van der Waals surface area (Å²) in [7, 11) is 2.85. The van der Waals surface area contributed by atoms with Crippen molar-refractivity contribution in [2.75, 3.05) is 14.2 Å². The number of carbonyl (C=O) groups excluding carboxylic acids is 1. The summed E-state index contributed by atoms with van der Waals surface area (Å²) in [5.74, 6) is 0.137. The van der Waals surface area contributed by atoms with E-state index >= 15 is 0 Å². The molecule has 0 bridgehead atoms. The minimum absolute atomic E-state index is 0.0415. The van der Waals surface area contributed by atoms with Crippen LogP contribution < -0.4 is 14.2 Å². The van der Waals surface area contributed by atoms with Gasteiger partial charge in [0.2, 0.25) is 5.75 Å². The number of rotatable bonds is 7. The van der Waals surface area contributed by atoms with E-state index in [9.17, 15) is 20.2 Å². The van der Waals surface area contributed by atoms with Crippen LogP contribution in [0.2, 0.25) is 0 Å². The number of methoxy groups -OCH3 is 2. The van der Waals surface area contributed by atoms with E-state index < -0.39 is 10.9 Å². The van der Waals surface area contributed by atoms with E-state index in [0.29, 0.717) is 21.8 Å². The lowest BCUT2D eigenvalue weighted by atomic mass is 10.1. The van der Waals surface area contributed by atoms with E-state index in [2.05, 4.69) is 11.1 Å². The van der Waals surface area contributed by atoms with E-state index in [-0.39, 0.29) is 28.5 Å². The van der Waals surface area contributed by atoms with Crippen LogP contribution in [0.25, 0.3) is 22.9 Å². The first kappa shape index (κ1) is 22.5. The first-order chi connectivity index (χ1) is 15.4. The molecule has 1 aromatic heterocycles. The number of thiazole rings is 1. The van der Waals surface area contributed by atoms with Crippen molar-refractivity contribution in [2.24, 2.45) is 0 Å². The van der Waals surface area contributed by atoms with Crippen molar-refractivity contribution in [1.82, 2.24) is 4.98 Å². The Morgan fingerprint density at radius 3 is 2.47 bits per heavy atom. The van der Waals surface area contributed by atoms with Crippen LogP contribution in [0.5, 0.6) is 17.2 Å². The van der Waals surface area contributed by atoms with Crippen LogP contribution in [0.15, 0.2) is 41.8 Å². The molecule has 32 heavy (non-hydrogen) atoms. The topological polar surface area (TPSA) is 125 Å². The maximum atomic E-state index is 11.4. The first-order valence-electron chi connectivity index (χ1n) is 9.13. The number of esters is 1. The Balaban J connectivity index is 2.00. The van der Waals surface area contributed by atoms with Gasteiger partial charge in [0.1, 0.15) is 11.1 Å². The number of nitrogens with zero attached hydrogens (tertiary/aromatic N) is 3. The van der Waals surface area contributed by atoms with Crippen LogP contribution >= 0.6 is 11.3 Å². The number of benzene rings is 2. The van der Waals surface area contributed by atoms with Crippen molar-refractivity contribution in [3.8, 4) is 34.6 Å². The van der Waals surface area contributed by atoms with Gasteiger partial charge in [-0.05, 0) is 23.8 Å². The summed E-state index contributed by atoms with van der Waals surface area (Å²) < 4.78 is 15.8. The second-order valence-electron chi connectivity index (χ2n) is 6.36. The summed E-state index contributed by atoms with van der Waals surface area (Å²) in [6.45, 7) is 1.27. The quantitative estimate of drug-likeness (QED) is 0.166. The molecule has 0 spiro atoms. The molecule has 3 rings (SSSR count). The molecule has 0 amide bonds. The van der Waals surface area contributed by atoms with Crippen molar-refractivity contribution in [3.05, 3.63) is 62.5 Å². The Bertz CT molecular complexity index is 1230. The van der Waals surface area contributed by atoms with E-state index in [0.717, 1.165) is 0 Å². The van der Waals surface area contributed by atoms with Gasteiger partial charge in [0.05, 0.1) is 30.4 Å². The van der Waals surface area contributed by atoms with Gasteiger partial charge in [-0.1, -0.05) is 12.1 Å². The predicted molar refractivity (Wildman–Crippen MR) is 119 cm³/mol. The number of hydrogen-bond acceptors (Lipinski definition) is 9. The fraction of sp³-hybridized carbons (Fsp3) is 0.136. The highest BCUT2D eigenvalue weighted by atomic mass is 32.1. The smallest absolute Gasteiger partial charge is 0.308 e. The molecule has 10 heteroatoms. The van der Waals surface area contributed by atoms with Crippen LogP contribution in [0.1, 0.15) is 17.5 Å². The lowest BCUT2D eigenvalue weighted by molar-refractivity contribution is -0.384. The van der Waals surface area contributed by atoms with Crippen molar-refractivity contribution in [3.63, 3.8) is 0 Å². The Labute approximate surface area is 187 Å². The average Bonchev–Trinajstić information content (AvgIpc) is 3.27. The first-order valence-corrected chi connectivity index (χ1v) is 10.0. The fourth-order valence-electron chi connectivity index (χ4n) is 2.85. The molecule has 3 aromatic rings.